The van der Waals surface area contributed by atoms with Crippen molar-refractivity contribution in [2.75, 3.05) is 12.8 Å². The molecule has 4 heteroatoms. The van der Waals surface area contributed by atoms with Gasteiger partial charge in [-0.25, -0.2) is 9.97 Å². The zero-order chi connectivity index (χ0) is 13.0. The summed E-state index contributed by atoms with van der Waals surface area (Å²) in [6.07, 6.45) is 1.03. The predicted molar refractivity (Wildman–Crippen MR) is 72.0 cm³/mol. The molecule has 18 heavy (non-hydrogen) atoms. The van der Waals surface area contributed by atoms with Gasteiger partial charge < -0.3 is 10.5 Å². The maximum atomic E-state index is 5.78. The highest BCUT2D eigenvalue weighted by atomic mass is 16.5. The largest absolute Gasteiger partial charge is 0.384 e. The van der Waals surface area contributed by atoms with Crippen LogP contribution < -0.4 is 5.73 Å². The lowest BCUT2D eigenvalue weighted by Gasteiger charge is -2.06. The van der Waals surface area contributed by atoms with Crippen molar-refractivity contribution in [3.63, 3.8) is 0 Å². The van der Waals surface area contributed by atoms with E-state index in [1.807, 2.05) is 0 Å². The number of anilines is 1. The van der Waals surface area contributed by atoms with Crippen LogP contribution in [0.15, 0.2) is 30.3 Å². The molecule has 4 nitrogen and oxygen atoms in total. The second-order valence-corrected chi connectivity index (χ2v) is 4.08. The number of nitrogen functional groups attached to an aromatic ring is 1. The number of aromatic nitrogens is 2. The molecule has 1 heterocycles. The summed E-state index contributed by atoms with van der Waals surface area (Å²) < 4.78 is 5.03. The van der Waals surface area contributed by atoms with Crippen LogP contribution in [0.4, 0.5) is 5.82 Å². The summed E-state index contributed by atoms with van der Waals surface area (Å²) >= 11 is 0. The summed E-state index contributed by atoms with van der Waals surface area (Å²) in [5.74, 6) is 1.07. The van der Waals surface area contributed by atoms with E-state index in [1.165, 1.54) is 5.56 Å². The highest BCUT2D eigenvalue weighted by Gasteiger charge is 2.05. The SMILES string of the molecule is CCc1ccc(-c2cc(N)nc(COC)n2)cc1. The van der Waals surface area contributed by atoms with Gasteiger partial charge in [-0.3, -0.25) is 0 Å². The topological polar surface area (TPSA) is 61.0 Å². The van der Waals surface area contributed by atoms with Gasteiger partial charge in [-0.1, -0.05) is 31.2 Å². The number of benzene rings is 1. The minimum absolute atomic E-state index is 0.366. The number of hydrogen-bond acceptors (Lipinski definition) is 4. The van der Waals surface area contributed by atoms with Crippen LogP contribution in [0.2, 0.25) is 0 Å². The monoisotopic (exact) mass is 243 g/mol. The van der Waals surface area contributed by atoms with Gasteiger partial charge in [-0.2, -0.15) is 0 Å². The van der Waals surface area contributed by atoms with E-state index in [9.17, 15) is 0 Å². The highest BCUT2D eigenvalue weighted by Crippen LogP contribution is 2.19. The average Bonchev–Trinajstić information content (AvgIpc) is 2.38. The molecular weight excluding hydrogens is 226 g/mol. The fraction of sp³-hybridized carbons (Fsp3) is 0.286. The van der Waals surface area contributed by atoms with E-state index in [0.29, 0.717) is 18.2 Å². The first-order chi connectivity index (χ1) is 8.72. The average molecular weight is 243 g/mol. The molecule has 1 aromatic heterocycles. The first-order valence-electron chi connectivity index (χ1n) is 5.94. The van der Waals surface area contributed by atoms with Gasteiger partial charge in [0, 0.05) is 18.7 Å². The number of rotatable bonds is 4. The van der Waals surface area contributed by atoms with Gasteiger partial charge in [-0.05, 0) is 12.0 Å². The van der Waals surface area contributed by atoms with Crippen LogP contribution in [0.1, 0.15) is 18.3 Å². The molecule has 0 aliphatic carbocycles. The van der Waals surface area contributed by atoms with Crippen LogP contribution in [-0.4, -0.2) is 17.1 Å². The Labute approximate surface area is 107 Å². The number of hydrogen-bond donors (Lipinski definition) is 1. The molecule has 0 fully saturated rings. The van der Waals surface area contributed by atoms with Crippen LogP contribution in [0, 0.1) is 0 Å². The molecule has 0 atom stereocenters. The molecule has 94 valence electrons. The molecule has 0 bridgehead atoms. The van der Waals surface area contributed by atoms with Crippen molar-refractivity contribution in [3.05, 3.63) is 41.7 Å². The first kappa shape index (κ1) is 12.5. The van der Waals surface area contributed by atoms with Gasteiger partial charge in [0.1, 0.15) is 12.4 Å². The molecule has 0 unspecified atom stereocenters. The van der Waals surface area contributed by atoms with E-state index >= 15 is 0 Å². The zero-order valence-electron chi connectivity index (χ0n) is 10.7. The Balaban J connectivity index is 2.36. The van der Waals surface area contributed by atoms with Gasteiger partial charge in [0.25, 0.3) is 0 Å². The Morgan fingerprint density at radius 3 is 2.50 bits per heavy atom. The predicted octanol–water partition coefficient (Wildman–Crippen LogP) is 2.43. The van der Waals surface area contributed by atoms with Crippen molar-refractivity contribution < 1.29 is 4.74 Å². The maximum Gasteiger partial charge on any atom is 0.157 e. The van der Waals surface area contributed by atoms with E-state index in [-0.39, 0.29) is 0 Å². The van der Waals surface area contributed by atoms with Crippen molar-refractivity contribution >= 4 is 5.82 Å². The van der Waals surface area contributed by atoms with Gasteiger partial charge in [0.05, 0.1) is 5.69 Å². The normalized spacial score (nSPS) is 10.6. The lowest BCUT2D eigenvalue weighted by Crippen LogP contribution is -2.02. The van der Waals surface area contributed by atoms with Crippen LogP contribution in [0.5, 0.6) is 0 Å². The van der Waals surface area contributed by atoms with Crippen LogP contribution in [-0.2, 0) is 17.8 Å². The van der Waals surface area contributed by atoms with Crippen molar-refractivity contribution in [3.8, 4) is 11.3 Å². The third kappa shape index (κ3) is 2.84. The van der Waals surface area contributed by atoms with Crippen LogP contribution >= 0.6 is 0 Å². The molecule has 2 aromatic rings. The van der Waals surface area contributed by atoms with Gasteiger partial charge >= 0.3 is 0 Å². The number of aryl methyl sites for hydroxylation is 1. The van der Waals surface area contributed by atoms with E-state index < -0.39 is 0 Å². The molecule has 0 saturated heterocycles. The second kappa shape index (κ2) is 5.60. The summed E-state index contributed by atoms with van der Waals surface area (Å²) in [6.45, 7) is 2.50. The van der Waals surface area contributed by atoms with E-state index in [4.69, 9.17) is 10.5 Å². The number of nitrogens with two attached hydrogens (primary N) is 1. The van der Waals surface area contributed by atoms with Gasteiger partial charge in [0.15, 0.2) is 5.82 Å². The highest BCUT2D eigenvalue weighted by molar-refractivity contribution is 5.62. The second-order valence-electron chi connectivity index (χ2n) is 4.08. The Kier molecular flexibility index (Phi) is 3.89. The standard InChI is InChI=1S/C14H17N3O/c1-3-10-4-6-11(7-5-10)12-8-13(15)17-14(16-12)9-18-2/h4-8H,3,9H2,1-2H3,(H2,15,16,17). The number of methoxy groups -OCH3 is 1. The van der Waals surface area contributed by atoms with Crippen molar-refractivity contribution in [1.82, 2.24) is 9.97 Å². The first-order valence-corrected chi connectivity index (χ1v) is 5.94. The third-order valence-electron chi connectivity index (χ3n) is 2.72. The lowest BCUT2D eigenvalue weighted by molar-refractivity contribution is 0.178. The van der Waals surface area contributed by atoms with E-state index in [1.54, 1.807) is 13.2 Å². The minimum Gasteiger partial charge on any atom is -0.384 e. The van der Waals surface area contributed by atoms with E-state index in [2.05, 4.69) is 41.2 Å². The summed E-state index contributed by atoms with van der Waals surface area (Å²) in [5, 5.41) is 0. The fourth-order valence-corrected chi connectivity index (χ4v) is 1.77. The Morgan fingerprint density at radius 2 is 1.89 bits per heavy atom. The third-order valence-corrected chi connectivity index (χ3v) is 2.72. The summed E-state index contributed by atoms with van der Waals surface area (Å²) in [4.78, 5) is 8.56. The molecule has 0 spiro atoms. The van der Waals surface area contributed by atoms with Crippen molar-refractivity contribution in [2.45, 2.75) is 20.0 Å². The quantitative estimate of drug-likeness (QED) is 0.896. The summed E-state index contributed by atoms with van der Waals surface area (Å²) in [6, 6.07) is 10.1. The van der Waals surface area contributed by atoms with Crippen molar-refractivity contribution in [1.29, 1.82) is 0 Å². The van der Waals surface area contributed by atoms with Gasteiger partial charge in [0.2, 0.25) is 0 Å². The molecule has 0 aliphatic heterocycles. The molecular formula is C14H17N3O. The van der Waals surface area contributed by atoms with Crippen LogP contribution in [0.25, 0.3) is 11.3 Å². The number of nitrogens with zero attached hydrogens (tertiary/aromatic N) is 2. The van der Waals surface area contributed by atoms with Crippen LogP contribution in [0.3, 0.4) is 0 Å². The molecule has 1 aromatic carbocycles. The Bertz CT molecular complexity index is 523. The zero-order valence-corrected chi connectivity index (χ0v) is 10.7. The molecule has 0 aliphatic rings. The summed E-state index contributed by atoms with van der Waals surface area (Å²) in [7, 11) is 1.61. The molecule has 0 saturated carbocycles. The minimum atomic E-state index is 0.366. The van der Waals surface area contributed by atoms with E-state index in [0.717, 1.165) is 17.7 Å². The smallest absolute Gasteiger partial charge is 0.157 e. The number of ether oxygens (including phenoxy) is 1. The molecule has 0 radical (unpaired) electrons. The molecule has 2 N–H and O–H groups in total. The Morgan fingerprint density at radius 1 is 1.17 bits per heavy atom. The fourth-order valence-electron chi connectivity index (χ4n) is 1.77. The maximum absolute atomic E-state index is 5.78. The molecule has 0 amide bonds. The lowest BCUT2D eigenvalue weighted by atomic mass is 10.1. The van der Waals surface area contributed by atoms with Crippen molar-refractivity contribution in [2.24, 2.45) is 0 Å². The molecule has 2 rings (SSSR count). The Hall–Kier alpha value is -1.94. The summed E-state index contributed by atoms with van der Waals surface area (Å²) in [5.41, 5.74) is 8.95. The van der Waals surface area contributed by atoms with Gasteiger partial charge in [-0.15, -0.1) is 0 Å².